The van der Waals surface area contributed by atoms with Crippen LogP contribution in [0.25, 0.3) is 0 Å². The van der Waals surface area contributed by atoms with E-state index >= 15 is 0 Å². The zero-order valence-corrected chi connectivity index (χ0v) is 9.43. The Morgan fingerprint density at radius 1 is 1.47 bits per heavy atom. The smallest absolute Gasteiger partial charge is 0.0440 e. The summed E-state index contributed by atoms with van der Waals surface area (Å²) in [5.74, 6) is 0. The predicted molar refractivity (Wildman–Crippen MR) is 62.3 cm³/mol. The summed E-state index contributed by atoms with van der Waals surface area (Å²) in [7, 11) is 0. The van der Waals surface area contributed by atoms with Crippen molar-refractivity contribution >= 4 is 11.6 Å². The highest BCUT2D eigenvalue weighted by molar-refractivity contribution is 6.30. The maximum Gasteiger partial charge on any atom is 0.0440 e. The van der Waals surface area contributed by atoms with Gasteiger partial charge in [0.05, 0.1) is 0 Å². The zero-order chi connectivity index (χ0) is 10.7. The lowest BCUT2D eigenvalue weighted by Crippen LogP contribution is -2.30. The molecule has 1 aliphatic rings. The van der Waals surface area contributed by atoms with Crippen molar-refractivity contribution in [3.8, 4) is 0 Å². The van der Waals surface area contributed by atoms with E-state index in [1.807, 2.05) is 18.2 Å². The molecule has 1 unspecified atom stereocenters. The summed E-state index contributed by atoms with van der Waals surface area (Å²) >= 11 is 6.00. The molecule has 2 rings (SSSR count). The second-order valence-electron chi connectivity index (χ2n) is 4.19. The van der Waals surface area contributed by atoms with Crippen LogP contribution in [0.1, 0.15) is 18.4 Å². The van der Waals surface area contributed by atoms with E-state index in [0.29, 0.717) is 0 Å². The first kappa shape index (κ1) is 10.9. The van der Waals surface area contributed by atoms with Gasteiger partial charge in [0.2, 0.25) is 0 Å². The third kappa shape index (κ3) is 2.17. The molecule has 1 atom stereocenters. The van der Waals surface area contributed by atoms with Gasteiger partial charge in [-0.2, -0.15) is 0 Å². The molecule has 1 heterocycles. The van der Waals surface area contributed by atoms with Crippen LogP contribution >= 0.6 is 11.6 Å². The second kappa shape index (κ2) is 4.52. The van der Waals surface area contributed by atoms with Crippen molar-refractivity contribution in [1.29, 1.82) is 0 Å². The summed E-state index contributed by atoms with van der Waals surface area (Å²) in [4.78, 5) is 0. The summed E-state index contributed by atoms with van der Waals surface area (Å²) in [5.41, 5.74) is 1.33. The van der Waals surface area contributed by atoms with E-state index in [1.54, 1.807) is 0 Å². The molecule has 1 aromatic carbocycles. The molecule has 0 radical (unpaired) electrons. The topological polar surface area (TPSA) is 32.3 Å². The Balaban J connectivity index is 2.31. The summed E-state index contributed by atoms with van der Waals surface area (Å²) in [6.07, 6.45) is 1.88. The molecule has 1 saturated heterocycles. The zero-order valence-electron chi connectivity index (χ0n) is 8.67. The molecule has 0 spiro atoms. The molecule has 1 aliphatic heterocycles. The van der Waals surface area contributed by atoms with Gasteiger partial charge in [-0.15, -0.1) is 0 Å². The van der Waals surface area contributed by atoms with Crippen LogP contribution in [0, 0.1) is 0 Å². The minimum absolute atomic E-state index is 0.0830. The average molecular weight is 226 g/mol. The molecule has 1 aromatic rings. The Kier molecular flexibility index (Phi) is 3.29. The number of aliphatic hydroxyl groups excluding tert-OH is 1. The third-order valence-corrected chi connectivity index (χ3v) is 3.51. The molecule has 0 saturated carbocycles. The number of hydrogen-bond acceptors (Lipinski definition) is 2. The van der Waals surface area contributed by atoms with E-state index in [9.17, 15) is 0 Å². The Morgan fingerprint density at radius 2 is 2.33 bits per heavy atom. The second-order valence-corrected chi connectivity index (χ2v) is 4.63. The lowest BCUT2D eigenvalue weighted by Gasteiger charge is -2.28. The molecule has 3 heteroatoms. The molecule has 2 nitrogen and oxygen atoms in total. The van der Waals surface area contributed by atoms with Gasteiger partial charge in [-0.1, -0.05) is 23.7 Å². The van der Waals surface area contributed by atoms with Crippen LogP contribution in [-0.2, 0) is 5.41 Å². The fourth-order valence-corrected chi connectivity index (χ4v) is 2.57. The van der Waals surface area contributed by atoms with E-state index in [-0.39, 0.29) is 12.0 Å². The highest BCUT2D eigenvalue weighted by atomic mass is 35.5. The SMILES string of the molecule is OCCC1(c2cccc(Cl)c2)CCNC1. The maximum absolute atomic E-state index is 9.16. The molecular formula is C12H16ClNO. The van der Waals surface area contributed by atoms with Gasteiger partial charge in [0, 0.05) is 23.6 Å². The van der Waals surface area contributed by atoms with Crippen LogP contribution < -0.4 is 5.32 Å². The first-order valence-electron chi connectivity index (χ1n) is 5.34. The van der Waals surface area contributed by atoms with Gasteiger partial charge in [0.15, 0.2) is 0 Å². The molecule has 2 N–H and O–H groups in total. The molecule has 0 aromatic heterocycles. The van der Waals surface area contributed by atoms with Crippen LogP contribution in [-0.4, -0.2) is 24.8 Å². The number of nitrogens with one attached hydrogen (secondary N) is 1. The van der Waals surface area contributed by atoms with Crippen molar-refractivity contribution in [2.75, 3.05) is 19.7 Å². The largest absolute Gasteiger partial charge is 0.396 e. The Hall–Kier alpha value is -0.570. The maximum atomic E-state index is 9.16. The molecule has 0 bridgehead atoms. The van der Waals surface area contributed by atoms with Crippen LogP contribution in [0.2, 0.25) is 5.02 Å². The van der Waals surface area contributed by atoms with Crippen LogP contribution in [0.5, 0.6) is 0 Å². The molecule has 1 fully saturated rings. The van der Waals surface area contributed by atoms with Crippen LogP contribution in [0.4, 0.5) is 0 Å². The van der Waals surface area contributed by atoms with Gasteiger partial charge in [0.25, 0.3) is 0 Å². The fourth-order valence-electron chi connectivity index (χ4n) is 2.38. The first-order chi connectivity index (χ1) is 7.27. The van der Waals surface area contributed by atoms with Crippen molar-refractivity contribution in [2.45, 2.75) is 18.3 Å². The van der Waals surface area contributed by atoms with Crippen molar-refractivity contribution in [1.82, 2.24) is 5.32 Å². The van der Waals surface area contributed by atoms with E-state index in [2.05, 4.69) is 11.4 Å². The summed E-state index contributed by atoms with van der Waals surface area (Å²) in [6.45, 7) is 2.19. The molecule has 0 amide bonds. The van der Waals surface area contributed by atoms with Crippen molar-refractivity contribution < 1.29 is 5.11 Å². The van der Waals surface area contributed by atoms with E-state index in [1.165, 1.54) is 5.56 Å². The van der Waals surface area contributed by atoms with Crippen molar-refractivity contribution in [3.05, 3.63) is 34.9 Å². The minimum Gasteiger partial charge on any atom is -0.396 e. The Bertz CT molecular complexity index is 334. The highest BCUT2D eigenvalue weighted by Crippen LogP contribution is 2.34. The van der Waals surface area contributed by atoms with Gasteiger partial charge in [-0.25, -0.2) is 0 Å². The fraction of sp³-hybridized carbons (Fsp3) is 0.500. The molecule has 0 aliphatic carbocycles. The highest BCUT2D eigenvalue weighted by Gasteiger charge is 2.34. The minimum atomic E-state index is 0.0830. The normalized spacial score (nSPS) is 25.7. The van der Waals surface area contributed by atoms with Gasteiger partial charge >= 0.3 is 0 Å². The molecule has 15 heavy (non-hydrogen) atoms. The number of rotatable bonds is 3. The van der Waals surface area contributed by atoms with Gasteiger partial charge in [-0.05, 0) is 37.1 Å². The van der Waals surface area contributed by atoms with E-state index in [0.717, 1.165) is 31.0 Å². The van der Waals surface area contributed by atoms with E-state index in [4.69, 9.17) is 16.7 Å². The standard InChI is InChI=1S/C12H16ClNO/c13-11-3-1-2-10(8-11)12(5-7-15)4-6-14-9-12/h1-3,8,14-15H,4-7,9H2. The predicted octanol–water partition coefficient (Wildman–Crippen LogP) is 1.95. The van der Waals surface area contributed by atoms with Gasteiger partial charge < -0.3 is 10.4 Å². The van der Waals surface area contributed by atoms with Crippen molar-refractivity contribution in [2.24, 2.45) is 0 Å². The monoisotopic (exact) mass is 225 g/mol. The number of benzene rings is 1. The van der Waals surface area contributed by atoms with Crippen LogP contribution in [0.3, 0.4) is 0 Å². The van der Waals surface area contributed by atoms with Gasteiger partial charge in [-0.3, -0.25) is 0 Å². The molecular weight excluding hydrogens is 210 g/mol. The third-order valence-electron chi connectivity index (χ3n) is 3.27. The summed E-state index contributed by atoms with van der Waals surface area (Å²) < 4.78 is 0. The van der Waals surface area contributed by atoms with Crippen molar-refractivity contribution in [3.63, 3.8) is 0 Å². The first-order valence-corrected chi connectivity index (χ1v) is 5.72. The lowest BCUT2D eigenvalue weighted by atomic mass is 9.77. The summed E-state index contributed by atoms with van der Waals surface area (Å²) in [6, 6.07) is 7.99. The van der Waals surface area contributed by atoms with Crippen LogP contribution in [0.15, 0.2) is 24.3 Å². The quantitative estimate of drug-likeness (QED) is 0.824. The number of aliphatic hydroxyl groups is 1. The number of hydrogen-bond donors (Lipinski definition) is 2. The Morgan fingerprint density at radius 3 is 2.93 bits per heavy atom. The molecule has 82 valence electrons. The lowest BCUT2D eigenvalue weighted by molar-refractivity contribution is 0.244. The van der Waals surface area contributed by atoms with Gasteiger partial charge in [0.1, 0.15) is 0 Å². The van der Waals surface area contributed by atoms with E-state index < -0.39 is 0 Å². The summed E-state index contributed by atoms with van der Waals surface area (Å²) in [5, 5.41) is 13.3. The number of halogens is 1. The average Bonchev–Trinajstić information content (AvgIpc) is 2.68. The Labute approximate surface area is 95.3 Å².